The first-order valence-electron chi connectivity index (χ1n) is 6.44. The summed E-state index contributed by atoms with van der Waals surface area (Å²) in [6.07, 6.45) is -5.07. The first-order chi connectivity index (χ1) is 9.72. The Kier molecular flexibility index (Phi) is 6.63. The van der Waals surface area contributed by atoms with Crippen molar-refractivity contribution in [1.82, 2.24) is 4.72 Å². The van der Waals surface area contributed by atoms with Gasteiger partial charge in [0.1, 0.15) is 0 Å². The zero-order chi connectivity index (χ0) is 15.9. The van der Waals surface area contributed by atoms with Gasteiger partial charge in [-0.1, -0.05) is 24.3 Å². The van der Waals surface area contributed by atoms with Gasteiger partial charge in [0.05, 0.1) is 12.4 Å². The third-order valence-electron chi connectivity index (χ3n) is 2.77. The summed E-state index contributed by atoms with van der Waals surface area (Å²) in [6.45, 7) is -0.127. The summed E-state index contributed by atoms with van der Waals surface area (Å²) in [6, 6.07) is 6.42. The molecular weight excluding hydrogens is 307 g/mol. The van der Waals surface area contributed by atoms with E-state index in [4.69, 9.17) is 5.11 Å². The molecule has 0 spiro atoms. The molecule has 0 saturated carbocycles. The van der Waals surface area contributed by atoms with Crippen LogP contribution in [0.1, 0.15) is 30.4 Å². The van der Waals surface area contributed by atoms with Crippen LogP contribution >= 0.6 is 0 Å². The maximum absolute atomic E-state index is 11.9. The molecule has 0 aliphatic rings. The largest absolute Gasteiger partial charge is 0.392 e. The van der Waals surface area contributed by atoms with E-state index in [1.165, 1.54) is 0 Å². The number of sulfonamides is 1. The Labute approximate surface area is 122 Å². The minimum absolute atomic E-state index is 0.00681. The van der Waals surface area contributed by atoms with Crippen LogP contribution in [-0.4, -0.2) is 26.2 Å². The maximum Gasteiger partial charge on any atom is 0.389 e. The topological polar surface area (TPSA) is 66.4 Å². The summed E-state index contributed by atoms with van der Waals surface area (Å²) < 4.78 is 61.5. The van der Waals surface area contributed by atoms with E-state index in [0.29, 0.717) is 11.1 Å². The summed E-state index contributed by atoms with van der Waals surface area (Å²) in [5.41, 5.74) is 1.23. The van der Waals surface area contributed by atoms with Crippen LogP contribution in [0.25, 0.3) is 0 Å². The molecule has 1 rings (SSSR count). The second-order valence-corrected chi connectivity index (χ2v) is 6.51. The second kappa shape index (κ2) is 7.77. The molecule has 0 radical (unpaired) electrons. The van der Waals surface area contributed by atoms with Crippen molar-refractivity contribution in [2.75, 3.05) is 6.54 Å². The Balaban J connectivity index is 2.36. The van der Waals surface area contributed by atoms with E-state index in [-0.39, 0.29) is 31.7 Å². The predicted octanol–water partition coefficient (Wildman–Crippen LogP) is 2.33. The van der Waals surface area contributed by atoms with Crippen LogP contribution in [0.3, 0.4) is 0 Å². The molecule has 0 bridgehead atoms. The summed E-state index contributed by atoms with van der Waals surface area (Å²) >= 11 is 0. The van der Waals surface area contributed by atoms with Crippen molar-refractivity contribution < 1.29 is 26.7 Å². The van der Waals surface area contributed by atoms with Gasteiger partial charge in [0.15, 0.2) is 0 Å². The summed E-state index contributed by atoms with van der Waals surface area (Å²) in [7, 11) is -3.56. The number of rotatable bonds is 8. The molecule has 0 aromatic heterocycles. The molecule has 0 aliphatic carbocycles. The normalized spacial score (nSPS) is 12.6. The van der Waals surface area contributed by atoms with Crippen molar-refractivity contribution in [2.45, 2.75) is 37.8 Å². The Morgan fingerprint density at radius 3 is 2.14 bits per heavy atom. The van der Waals surface area contributed by atoms with Crippen molar-refractivity contribution in [2.24, 2.45) is 0 Å². The monoisotopic (exact) mass is 325 g/mol. The van der Waals surface area contributed by atoms with Gasteiger partial charge in [-0.25, -0.2) is 13.1 Å². The van der Waals surface area contributed by atoms with Crippen molar-refractivity contribution in [3.8, 4) is 0 Å². The highest BCUT2D eigenvalue weighted by molar-refractivity contribution is 7.88. The van der Waals surface area contributed by atoms with Crippen LogP contribution in [0, 0.1) is 0 Å². The average molecular weight is 325 g/mol. The van der Waals surface area contributed by atoms with Gasteiger partial charge >= 0.3 is 6.18 Å². The number of benzene rings is 1. The fraction of sp³-hybridized carbons (Fsp3) is 0.538. The molecule has 0 amide bonds. The minimum atomic E-state index is -4.20. The third-order valence-corrected chi connectivity index (χ3v) is 4.13. The van der Waals surface area contributed by atoms with Crippen LogP contribution in [0.2, 0.25) is 0 Å². The molecule has 0 atom stereocenters. The maximum atomic E-state index is 11.9. The number of aliphatic hydroxyl groups is 1. The summed E-state index contributed by atoms with van der Waals surface area (Å²) in [5, 5.41) is 8.87. The Hall–Kier alpha value is -1.12. The fourth-order valence-corrected chi connectivity index (χ4v) is 2.88. The van der Waals surface area contributed by atoms with E-state index in [1.54, 1.807) is 24.3 Å². The number of alkyl halides is 3. The van der Waals surface area contributed by atoms with Crippen LogP contribution in [-0.2, 0) is 22.4 Å². The smallest absolute Gasteiger partial charge is 0.389 e. The van der Waals surface area contributed by atoms with Gasteiger partial charge in [0, 0.05) is 13.0 Å². The molecule has 0 aliphatic heterocycles. The molecule has 1 aromatic carbocycles. The first kappa shape index (κ1) is 17.9. The predicted molar refractivity (Wildman–Crippen MR) is 72.9 cm³/mol. The Bertz CT molecular complexity index is 527. The van der Waals surface area contributed by atoms with Crippen LogP contribution in [0.15, 0.2) is 24.3 Å². The molecule has 21 heavy (non-hydrogen) atoms. The highest BCUT2D eigenvalue weighted by Gasteiger charge is 2.25. The van der Waals surface area contributed by atoms with Crippen molar-refractivity contribution in [3.05, 3.63) is 35.4 Å². The molecule has 120 valence electrons. The van der Waals surface area contributed by atoms with Crippen molar-refractivity contribution in [1.29, 1.82) is 0 Å². The second-order valence-electron chi connectivity index (χ2n) is 4.70. The number of hydrogen-bond acceptors (Lipinski definition) is 3. The zero-order valence-corrected chi connectivity index (χ0v) is 12.2. The lowest BCUT2D eigenvalue weighted by atomic mass is 10.2. The summed E-state index contributed by atoms with van der Waals surface area (Å²) in [5.74, 6) is -0.238. The van der Waals surface area contributed by atoms with Crippen molar-refractivity contribution >= 4 is 10.0 Å². The first-order valence-corrected chi connectivity index (χ1v) is 8.10. The van der Waals surface area contributed by atoms with Gasteiger partial charge in [-0.2, -0.15) is 13.2 Å². The van der Waals surface area contributed by atoms with Gasteiger partial charge in [0.25, 0.3) is 0 Å². The van der Waals surface area contributed by atoms with Gasteiger partial charge < -0.3 is 5.11 Å². The fourth-order valence-electron chi connectivity index (χ4n) is 1.69. The molecular formula is C13H18F3NO3S. The average Bonchev–Trinajstić information content (AvgIpc) is 2.37. The lowest BCUT2D eigenvalue weighted by Crippen LogP contribution is -2.26. The van der Waals surface area contributed by atoms with Crippen LogP contribution in [0.5, 0.6) is 0 Å². The van der Waals surface area contributed by atoms with E-state index in [0.717, 1.165) is 0 Å². The van der Waals surface area contributed by atoms with E-state index in [9.17, 15) is 21.6 Å². The zero-order valence-electron chi connectivity index (χ0n) is 11.4. The molecule has 4 nitrogen and oxygen atoms in total. The third kappa shape index (κ3) is 8.03. The lowest BCUT2D eigenvalue weighted by Gasteiger charge is -2.08. The molecule has 2 N–H and O–H groups in total. The van der Waals surface area contributed by atoms with Gasteiger partial charge in [-0.15, -0.1) is 0 Å². The van der Waals surface area contributed by atoms with Crippen molar-refractivity contribution in [3.63, 3.8) is 0 Å². The number of nitrogens with one attached hydrogen (secondary N) is 1. The van der Waals surface area contributed by atoms with E-state index >= 15 is 0 Å². The van der Waals surface area contributed by atoms with Crippen LogP contribution in [0.4, 0.5) is 13.2 Å². The standard InChI is InChI=1S/C13H18F3NO3S/c14-13(15,16)7-1-2-8-17-21(19,20)10-12-5-3-11(9-18)4-6-12/h3-6,17-18H,1-2,7-10H2. The van der Waals surface area contributed by atoms with E-state index in [2.05, 4.69) is 4.72 Å². The van der Waals surface area contributed by atoms with Gasteiger partial charge in [0.2, 0.25) is 10.0 Å². The highest BCUT2D eigenvalue weighted by Crippen LogP contribution is 2.21. The number of unbranched alkanes of at least 4 members (excludes halogenated alkanes) is 1. The molecule has 8 heteroatoms. The Morgan fingerprint density at radius 1 is 1.05 bits per heavy atom. The Morgan fingerprint density at radius 2 is 1.62 bits per heavy atom. The van der Waals surface area contributed by atoms with Gasteiger partial charge in [-0.05, 0) is 24.0 Å². The van der Waals surface area contributed by atoms with E-state index in [1.807, 2.05) is 0 Å². The molecule has 1 aromatic rings. The SMILES string of the molecule is O=S(=O)(Cc1ccc(CO)cc1)NCCCCC(F)(F)F. The lowest BCUT2D eigenvalue weighted by molar-refractivity contribution is -0.135. The minimum Gasteiger partial charge on any atom is -0.392 e. The molecule has 0 fully saturated rings. The number of halogens is 3. The molecule has 0 heterocycles. The van der Waals surface area contributed by atoms with Gasteiger partial charge in [-0.3, -0.25) is 0 Å². The van der Waals surface area contributed by atoms with Crippen LogP contribution < -0.4 is 4.72 Å². The quantitative estimate of drug-likeness (QED) is 0.721. The number of aliphatic hydroxyl groups excluding tert-OH is 1. The number of hydrogen-bond donors (Lipinski definition) is 2. The summed E-state index contributed by atoms with van der Waals surface area (Å²) in [4.78, 5) is 0. The highest BCUT2D eigenvalue weighted by atomic mass is 32.2. The molecule has 0 unspecified atom stereocenters. The molecule has 0 saturated heterocycles. The van der Waals surface area contributed by atoms with E-state index < -0.39 is 22.6 Å².